The van der Waals surface area contributed by atoms with Crippen molar-refractivity contribution in [3.05, 3.63) is 28.2 Å². The van der Waals surface area contributed by atoms with Gasteiger partial charge in [-0.3, -0.25) is 0 Å². The van der Waals surface area contributed by atoms with Gasteiger partial charge in [-0.15, -0.1) is 0 Å². The molecule has 1 N–H and O–H groups in total. The lowest BCUT2D eigenvalue weighted by molar-refractivity contribution is 0.615. The van der Waals surface area contributed by atoms with Crippen LogP contribution >= 0.6 is 15.9 Å². The number of anilines is 1. The third-order valence-electron chi connectivity index (χ3n) is 2.70. The van der Waals surface area contributed by atoms with Gasteiger partial charge in [-0.1, -0.05) is 42.1 Å². The molecule has 1 unspecified atom stereocenters. The smallest absolute Gasteiger partial charge is 0.0356 e. The highest BCUT2D eigenvalue weighted by molar-refractivity contribution is 9.10. The molecule has 1 aromatic rings. The van der Waals surface area contributed by atoms with Crippen LogP contribution in [0.2, 0.25) is 0 Å². The topological polar surface area (TPSA) is 12.0 Å². The fourth-order valence-corrected chi connectivity index (χ4v) is 2.48. The number of aryl methyl sites for hydroxylation is 1. The summed E-state index contributed by atoms with van der Waals surface area (Å²) < 4.78 is 1.15. The normalized spacial score (nSPS) is 12.5. The van der Waals surface area contributed by atoms with Gasteiger partial charge in [0.2, 0.25) is 0 Å². The van der Waals surface area contributed by atoms with Crippen LogP contribution in [0.3, 0.4) is 0 Å². The van der Waals surface area contributed by atoms with Gasteiger partial charge in [-0.05, 0) is 44.0 Å². The lowest BCUT2D eigenvalue weighted by atomic mass is 10.1. The Bertz CT molecular complexity index is 302. The molecule has 2 heteroatoms. The van der Waals surface area contributed by atoms with Crippen LogP contribution in [0.5, 0.6) is 0 Å². The van der Waals surface area contributed by atoms with E-state index in [1.807, 2.05) is 0 Å². The molecule has 1 nitrogen and oxygen atoms in total. The standard InChI is InChI=1S/C14H22BrN/c1-4-5-6-7-12(3)16-14-9-11(2)8-13(15)10-14/h8-10,12,16H,4-7H2,1-3H3. The highest BCUT2D eigenvalue weighted by Crippen LogP contribution is 2.20. The van der Waals surface area contributed by atoms with Crippen LogP contribution in [-0.2, 0) is 0 Å². The van der Waals surface area contributed by atoms with Crippen molar-refractivity contribution >= 4 is 21.6 Å². The maximum absolute atomic E-state index is 3.55. The maximum atomic E-state index is 3.55. The first-order valence-corrected chi connectivity index (χ1v) is 6.95. The summed E-state index contributed by atoms with van der Waals surface area (Å²) in [4.78, 5) is 0. The summed E-state index contributed by atoms with van der Waals surface area (Å²) in [6.45, 7) is 6.62. The number of hydrogen-bond donors (Lipinski definition) is 1. The first kappa shape index (κ1) is 13.6. The van der Waals surface area contributed by atoms with E-state index in [1.165, 1.54) is 36.9 Å². The molecule has 0 heterocycles. The Morgan fingerprint density at radius 3 is 2.62 bits per heavy atom. The van der Waals surface area contributed by atoms with Crippen molar-refractivity contribution in [2.45, 2.75) is 52.5 Å². The Labute approximate surface area is 108 Å². The molecule has 1 atom stereocenters. The molecule has 0 bridgehead atoms. The molecule has 1 rings (SSSR count). The van der Waals surface area contributed by atoms with E-state index in [1.54, 1.807) is 0 Å². The van der Waals surface area contributed by atoms with Gasteiger partial charge in [0.15, 0.2) is 0 Å². The average molecular weight is 284 g/mol. The van der Waals surface area contributed by atoms with Crippen molar-refractivity contribution in [1.29, 1.82) is 0 Å². The highest BCUT2D eigenvalue weighted by Gasteiger charge is 2.02. The Hall–Kier alpha value is -0.500. The van der Waals surface area contributed by atoms with E-state index in [2.05, 4.69) is 60.2 Å². The second kappa shape index (κ2) is 6.95. The summed E-state index contributed by atoms with van der Waals surface area (Å²) in [5.41, 5.74) is 2.51. The Kier molecular flexibility index (Phi) is 5.89. The number of nitrogens with one attached hydrogen (secondary N) is 1. The maximum Gasteiger partial charge on any atom is 0.0356 e. The lowest BCUT2D eigenvalue weighted by Gasteiger charge is -2.15. The number of benzene rings is 1. The van der Waals surface area contributed by atoms with Crippen LogP contribution in [-0.4, -0.2) is 6.04 Å². The summed E-state index contributed by atoms with van der Waals surface area (Å²) in [6.07, 6.45) is 5.20. The zero-order chi connectivity index (χ0) is 12.0. The fourth-order valence-electron chi connectivity index (χ4n) is 1.88. The van der Waals surface area contributed by atoms with Crippen molar-refractivity contribution in [2.24, 2.45) is 0 Å². The van der Waals surface area contributed by atoms with Gasteiger partial charge in [0, 0.05) is 16.2 Å². The highest BCUT2D eigenvalue weighted by atomic mass is 79.9. The molecule has 90 valence electrons. The van der Waals surface area contributed by atoms with Crippen molar-refractivity contribution in [3.8, 4) is 0 Å². The molecule has 0 saturated heterocycles. The Morgan fingerprint density at radius 2 is 2.00 bits per heavy atom. The minimum Gasteiger partial charge on any atom is -0.383 e. The number of hydrogen-bond acceptors (Lipinski definition) is 1. The fraction of sp³-hybridized carbons (Fsp3) is 0.571. The van der Waals surface area contributed by atoms with Crippen LogP contribution in [0.1, 0.15) is 45.1 Å². The number of halogens is 1. The van der Waals surface area contributed by atoms with Gasteiger partial charge in [-0.25, -0.2) is 0 Å². The molecule has 0 fully saturated rings. The van der Waals surface area contributed by atoms with Crippen LogP contribution in [0.25, 0.3) is 0 Å². The quantitative estimate of drug-likeness (QED) is 0.713. The van der Waals surface area contributed by atoms with Crippen LogP contribution < -0.4 is 5.32 Å². The van der Waals surface area contributed by atoms with E-state index in [0.717, 1.165) is 4.47 Å². The molecule has 0 amide bonds. The SMILES string of the molecule is CCCCCC(C)Nc1cc(C)cc(Br)c1. The van der Waals surface area contributed by atoms with Gasteiger partial charge in [0.05, 0.1) is 0 Å². The lowest BCUT2D eigenvalue weighted by Crippen LogP contribution is -2.14. The molecule has 0 aromatic heterocycles. The molecular weight excluding hydrogens is 262 g/mol. The van der Waals surface area contributed by atoms with Crippen LogP contribution in [0.15, 0.2) is 22.7 Å². The Morgan fingerprint density at radius 1 is 1.25 bits per heavy atom. The van der Waals surface area contributed by atoms with Gasteiger partial charge < -0.3 is 5.32 Å². The number of unbranched alkanes of at least 4 members (excludes halogenated alkanes) is 2. The molecule has 0 radical (unpaired) electrons. The molecular formula is C14H22BrN. The van der Waals surface area contributed by atoms with Crippen molar-refractivity contribution < 1.29 is 0 Å². The average Bonchev–Trinajstić information content (AvgIpc) is 2.16. The van der Waals surface area contributed by atoms with Gasteiger partial charge in [0.25, 0.3) is 0 Å². The second-order valence-electron chi connectivity index (χ2n) is 4.56. The zero-order valence-electron chi connectivity index (χ0n) is 10.5. The van der Waals surface area contributed by atoms with E-state index < -0.39 is 0 Å². The summed E-state index contributed by atoms with van der Waals surface area (Å²) in [6, 6.07) is 7.03. The van der Waals surface area contributed by atoms with E-state index >= 15 is 0 Å². The summed E-state index contributed by atoms with van der Waals surface area (Å²) in [7, 11) is 0. The molecule has 0 aliphatic rings. The minimum absolute atomic E-state index is 0.556. The molecule has 0 aliphatic carbocycles. The largest absolute Gasteiger partial charge is 0.383 e. The molecule has 1 aromatic carbocycles. The van der Waals surface area contributed by atoms with Crippen molar-refractivity contribution in [1.82, 2.24) is 0 Å². The Balaban J connectivity index is 2.45. The van der Waals surface area contributed by atoms with Crippen molar-refractivity contribution in [3.63, 3.8) is 0 Å². The molecule has 0 aliphatic heterocycles. The van der Waals surface area contributed by atoms with Gasteiger partial charge in [-0.2, -0.15) is 0 Å². The van der Waals surface area contributed by atoms with Crippen LogP contribution in [0, 0.1) is 6.92 Å². The third kappa shape index (κ3) is 5.02. The van der Waals surface area contributed by atoms with Gasteiger partial charge in [0.1, 0.15) is 0 Å². The molecule has 0 saturated carbocycles. The monoisotopic (exact) mass is 283 g/mol. The van der Waals surface area contributed by atoms with E-state index in [9.17, 15) is 0 Å². The van der Waals surface area contributed by atoms with E-state index in [4.69, 9.17) is 0 Å². The van der Waals surface area contributed by atoms with Crippen molar-refractivity contribution in [2.75, 3.05) is 5.32 Å². The third-order valence-corrected chi connectivity index (χ3v) is 3.15. The predicted molar refractivity (Wildman–Crippen MR) is 76.1 cm³/mol. The second-order valence-corrected chi connectivity index (χ2v) is 5.47. The minimum atomic E-state index is 0.556. The number of rotatable bonds is 6. The predicted octanol–water partition coefficient (Wildman–Crippen LogP) is 5.14. The zero-order valence-corrected chi connectivity index (χ0v) is 12.1. The van der Waals surface area contributed by atoms with Gasteiger partial charge >= 0.3 is 0 Å². The summed E-state index contributed by atoms with van der Waals surface area (Å²) in [5.74, 6) is 0. The molecule has 0 spiro atoms. The summed E-state index contributed by atoms with van der Waals surface area (Å²) >= 11 is 3.53. The van der Waals surface area contributed by atoms with E-state index in [-0.39, 0.29) is 0 Å². The first-order valence-electron chi connectivity index (χ1n) is 6.15. The first-order chi connectivity index (χ1) is 7.61. The van der Waals surface area contributed by atoms with E-state index in [0.29, 0.717) is 6.04 Å². The summed E-state index contributed by atoms with van der Waals surface area (Å²) in [5, 5.41) is 3.55. The van der Waals surface area contributed by atoms with Crippen LogP contribution in [0.4, 0.5) is 5.69 Å². The molecule has 16 heavy (non-hydrogen) atoms.